The maximum atomic E-state index is 13.1. The number of fused-ring (bicyclic) bond motifs is 1. The fraction of sp³-hybridized carbons (Fsp3) is 0.304. The van der Waals surface area contributed by atoms with Gasteiger partial charge in [0.25, 0.3) is 5.56 Å². The molecule has 0 fully saturated rings. The minimum absolute atomic E-state index is 0.210. The number of carbonyl (C=O) groups is 1. The molecule has 1 heterocycles. The van der Waals surface area contributed by atoms with Gasteiger partial charge in [0, 0.05) is 17.1 Å². The maximum Gasteiger partial charge on any atom is 0.252 e. The third kappa shape index (κ3) is 3.65. The van der Waals surface area contributed by atoms with Gasteiger partial charge in [-0.25, -0.2) is 0 Å². The molecule has 0 bridgehead atoms. The Morgan fingerprint density at radius 2 is 1.86 bits per heavy atom. The first-order valence-corrected chi connectivity index (χ1v) is 9.58. The number of nitrogens with one attached hydrogen (secondary N) is 1. The van der Waals surface area contributed by atoms with Crippen molar-refractivity contribution in [1.82, 2.24) is 4.57 Å². The highest BCUT2D eigenvalue weighted by atomic mass is 16.5. The van der Waals surface area contributed by atoms with E-state index in [1.807, 2.05) is 56.3 Å². The Morgan fingerprint density at radius 1 is 1.14 bits per heavy atom. The number of hydrogen-bond donors (Lipinski definition) is 1. The van der Waals surface area contributed by atoms with Gasteiger partial charge >= 0.3 is 0 Å². The number of rotatable bonds is 6. The molecule has 5 nitrogen and oxygen atoms in total. The molecule has 1 atom stereocenters. The van der Waals surface area contributed by atoms with E-state index in [1.54, 1.807) is 17.7 Å². The van der Waals surface area contributed by atoms with Crippen molar-refractivity contribution in [1.29, 1.82) is 0 Å². The Labute approximate surface area is 165 Å². The lowest BCUT2D eigenvalue weighted by Gasteiger charge is -2.22. The summed E-state index contributed by atoms with van der Waals surface area (Å²) in [6.07, 6.45) is 1.42. The summed E-state index contributed by atoms with van der Waals surface area (Å²) in [5, 5.41) is 3.85. The number of benzene rings is 2. The predicted molar refractivity (Wildman–Crippen MR) is 113 cm³/mol. The first-order valence-electron chi connectivity index (χ1n) is 9.58. The molecule has 0 spiro atoms. The van der Waals surface area contributed by atoms with Crippen LogP contribution >= 0.6 is 0 Å². The summed E-state index contributed by atoms with van der Waals surface area (Å²) in [4.78, 5) is 26.0. The normalized spacial score (nSPS) is 12.0. The smallest absolute Gasteiger partial charge is 0.252 e. The number of hydrogen-bond acceptors (Lipinski definition) is 3. The topological polar surface area (TPSA) is 60.3 Å². The Balaban J connectivity index is 2.07. The van der Waals surface area contributed by atoms with Crippen LogP contribution in [0.1, 0.15) is 37.4 Å². The first-order chi connectivity index (χ1) is 13.5. The summed E-state index contributed by atoms with van der Waals surface area (Å²) in [5.74, 6) is 0.363. The number of carbonyl (C=O) groups excluding carboxylic acids is 1. The van der Waals surface area contributed by atoms with Crippen molar-refractivity contribution in [3.8, 4) is 5.75 Å². The molecular formula is C23H26N2O3. The molecule has 3 aromatic rings. The minimum Gasteiger partial charge on any atom is -0.495 e. The number of ether oxygens (including phenoxy) is 1. The molecule has 3 rings (SSSR count). The Hall–Kier alpha value is -3.08. The Kier molecular flexibility index (Phi) is 5.83. The van der Waals surface area contributed by atoms with Crippen molar-refractivity contribution in [2.45, 2.75) is 39.7 Å². The van der Waals surface area contributed by atoms with Crippen molar-refractivity contribution in [3.63, 3.8) is 0 Å². The quantitative estimate of drug-likeness (QED) is 0.688. The standard InChI is InChI=1S/C23H26N2O3/c1-5-16-10-12-17(13-11-16)24-23(27)19(6-2)25-21(26)14-15(3)18-8-7-9-20(28-4)22(18)25/h7-14,19H,5-6H2,1-4H3,(H,24,27). The van der Waals surface area contributed by atoms with Crippen molar-refractivity contribution in [2.24, 2.45) is 0 Å². The van der Waals surface area contributed by atoms with Crippen LogP contribution in [0.5, 0.6) is 5.75 Å². The van der Waals surface area contributed by atoms with Gasteiger partial charge in [-0.15, -0.1) is 0 Å². The van der Waals surface area contributed by atoms with Gasteiger partial charge in [0.15, 0.2) is 0 Å². The van der Waals surface area contributed by atoms with Crippen molar-refractivity contribution in [2.75, 3.05) is 12.4 Å². The lowest BCUT2D eigenvalue weighted by molar-refractivity contribution is -0.119. The fourth-order valence-electron chi connectivity index (χ4n) is 3.54. The second-order valence-corrected chi connectivity index (χ2v) is 6.86. The summed E-state index contributed by atoms with van der Waals surface area (Å²) in [5.41, 5.74) is 3.23. The molecule has 0 saturated heterocycles. The molecule has 0 aliphatic heterocycles. The molecule has 2 aromatic carbocycles. The van der Waals surface area contributed by atoms with E-state index in [-0.39, 0.29) is 11.5 Å². The molecule has 146 valence electrons. The van der Waals surface area contributed by atoms with E-state index >= 15 is 0 Å². The van der Waals surface area contributed by atoms with Crippen LogP contribution in [0.3, 0.4) is 0 Å². The van der Waals surface area contributed by atoms with Crippen LogP contribution in [0, 0.1) is 6.92 Å². The fourth-order valence-corrected chi connectivity index (χ4v) is 3.54. The summed E-state index contributed by atoms with van der Waals surface area (Å²) in [6, 6.07) is 14.3. The molecule has 1 N–H and O–H groups in total. The van der Waals surface area contributed by atoms with Gasteiger partial charge in [-0.05, 0) is 49.1 Å². The van der Waals surface area contributed by atoms with E-state index in [2.05, 4.69) is 12.2 Å². The molecule has 1 unspecified atom stereocenters. The van der Waals surface area contributed by atoms with Crippen LogP contribution in [0.25, 0.3) is 10.9 Å². The van der Waals surface area contributed by atoms with E-state index in [0.717, 1.165) is 23.1 Å². The second-order valence-electron chi connectivity index (χ2n) is 6.86. The number of pyridine rings is 1. The molecule has 0 aliphatic carbocycles. The monoisotopic (exact) mass is 378 g/mol. The highest BCUT2D eigenvalue weighted by molar-refractivity contribution is 5.96. The average molecular weight is 378 g/mol. The molecule has 5 heteroatoms. The number of amides is 1. The molecule has 0 aliphatic rings. The van der Waals surface area contributed by atoms with Gasteiger partial charge in [-0.3, -0.25) is 14.2 Å². The lowest BCUT2D eigenvalue weighted by atomic mass is 10.1. The zero-order valence-corrected chi connectivity index (χ0v) is 16.8. The summed E-state index contributed by atoms with van der Waals surface area (Å²) in [7, 11) is 1.57. The maximum absolute atomic E-state index is 13.1. The number of aryl methyl sites for hydroxylation is 2. The number of aromatic nitrogens is 1. The van der Waals surface area contributed by atoms with E-state index in [9.17, 15) is 9.59 Å². The van der Waals surface area contributed by atoms with Crippen molar-refractivity contribution < 1.29 is 9.53 Å². The van der Waals surface area contributed by atoms with Gasteiger partial charge in [0.05, 0.1) is 12.6 Å². The van der Waals surface area contributed by atoms with Crippen LogP contribution < -0.4 is 15.6 Å². The summed E-state index contributed by atoms with van der Waals surface area (Å²) < 4.78 is 7.06. The summed E-state index contributed by atoms with van der Waals surface area (Å²) >= 11 is 0. The molecule has 28 heavy (non-hydrogen) atoms. The molecule has 0 radical (unpaired) electrons. The van der Waals surface area contributed by atoms with Crippen molar-refractivity contribution in [3.05, 3.63) is 70.0 Å². The SMILES string of the molecule is CCc1ccc(NC(=O)C(CC)n2c(=O)cc(C)c3cccc(OC)c32)cc1. The van der Waals surface area contributed by atoms with Gasteiger partial charge in [-0.1, -0.05) is 38.1 Å². The Bertz CT molecular complexity index is 1050. The van der Waals surface area contributed by atoms with E-state index in [0.29, 0.717) is 17.7 Å². The summed E-state index contributed by atoms with van der Waals surface area (Å²) in [6.45, 7) is 5.88. The van der Waals surface area contributed by atoms with Crippen LogP contribution in [0.4, 0.5) is 5.69 Å². The van der Waals surface area contributed by atoms with Crippen LogP contribution in [-0.2, 0) is 11.2 Å². The second kappa shape index (κ2) is 8.30. The van der Waals surface area contributed by atoms with Crippen LogP contribution in [0.2, 0.25) is 0 Å². The van der Waals surface area contributed by atoms with Crippen LogP contribution in [-0.4, -0.2) is 17.6 Å². The molecular weight excluding hydrogens is 352 g/mol. The Morgan fingerprint density at radius 3 is 2.46 bits per heavy atom. The molecule has 1 amide bonds. The number of methoxy groups -OCH3 is 1. The van der Waals surface area contributed by atoms with E-state index in [1.165, 1.54) is 5.56 Å². The van der Waals surface area contributed by atoms with Crippen LogP contribution in [0.15, 0.2) is 53.3 Å². The van der Waals surface area contributed by atoms with E-state index < -0.39 is 6.04 Å². The highest BCUT2D eigenvalue weighted by Crippen LogP contribution is 2.29. The number of para-hydroxylation sites is 1. The largest absolute Gasteiger partial charge is 0.495 e. The zero-order valence-electron chi connectivity index (χ0n) is 16.8. The zero-order chi connectivity index (χ0) is 20.3. The minimum atomic E-state index is -0.641. The molecule has 0 saturated carbocycles. The van der Waals surface area contributed by atoms with Gasteiger partial charge in [0.1, 0.15) is 11.8 Å². The molecule has 1 aromatic heterocycles. The van der Waals surface area contributed by atoms with Gasteiger partial charge in [-0.2, -0.15) is 0 Å². The number of nitrogens with zero attached hydrogens (tertiary/aromatic N) is 1. The van der Waals surface area contributed by atoms with Gasteiger partial charge in [0.2, 0.25) is 5.91 Å². The first kappa shape index (κ1) is 19.7. The third-order valence-corrected chi connectivity index (χ3v) is 5.09. The third-order valence-electron chi connectivity index (χ3n) is 5.09. The van der Waals surface area contributed by atoms with Gasteiger partial charge < -0.3 is 10.1 Å². The van der Waals surface area contributed by atoms with Crippen molar-refractivity contribution >= 4 is 22.5 Å². The highest BCUT2D eigenvalue weighted by Gasteiger charge is 2.24. The predicted octanol–water partition coefficient (Wildman–Crippen LogP) is 4.47. The lowest BCUT2D eigenvalue weighted by Crippen LogP contribution is -2.33. The van der Waals surface area contributed by atoms with E-state index in [4.69, 9.17) is 4.74 Å². The number of anilines is 1. The average Bonchev–Trinajstić information content (AvgIpc) is 2.71.